The summed E-state index contributed by atoms with van der Waals surface area (Å²) in [6, 6.07) is 10.9. The SMILES string of the molecule is CNC(=O)c1ccc(CNC(=O)CCc2nc(-c3cccs3)no2)cc1. The van der Waals surface area contributed by atoms with Gasteiger partial charge in [0.25, 0.3) is 5.91 Å². The van der Waals surface area contributed by atoms with Crippen molar-refractivity contribution in [3.05, 3.63) is 58.8 Å². The largest absolute Gasteiger partial charge is 0.355 e. The number of amides is 2. The maximum atomic E-state index is 12.0. The highest BCUT2D eigenvalue weighted by molar-refractivity contribution is 7.13. The first-order valence-electron chi connectivity index (χ1n) is 8.10. The van der Waals surface area contributed by atoms with Gasteiger partial charge in [0.05, 0.1) is 4.88 Å². The topological polar surface area (TPSA) is 97.1 Å². The predicted octanol–water partition coefficient (Wildman–Crippen LogP) is 2.41. The lowest BCUT2D eigenvalue weighted by Gasteiger charge is -2.05. The van der Waals surface area contributed by atoms with Gasteiger partial charge in [-0.15, -0.1) is 11.3 Å². The summed E-state index contributed by atoms with van der Waals surface area (Å²) in [6.07, 6.45) is 0.655. The lowest BCUT2D eigenvalue weighted by atomic mass is 10.1. The van der Waals surface area contributed by atoms with Crippen molar-refractivity contribution >= 4 is 23.2 Å². The smallest absolute Gasteiger partial charge is 0.251 e. The molecule has 0 saturated heterocycles. The minimum atomic E-state index is -0.137. The van der Waals surface area contributed by atoms with Crippen LogP contribution in [0.4, 0.5) is 0 Å². The number of carbonyl (C=O) groups is 2. The molecule has 0 saturated carbocycles. The summed E-state index contributed by atoms with van der Waals surface area (Å²) < 4.78 is 5.18. The van der Waals surface area contributed by atoms with Crippen molar-refractivity contribution in [2.75, 3.05) is 7.05 Å². The van der Waals surface area contributed by atoms with Gasteiger partial charge in [-0.25, -0.2) is 0 Å². The number of nitrogens with one attached hydrogen (secondary N) is 2. The van der Waals surface area contributed by atoms with E-state index < -0.39 is 0 Å². The molecule has 2 amide bonds. The van der Waals surface area contributed by atoms with Gasteiger partial charge in [-0.05, 0) is 29.1 Å². The number of thiophene rings is 1. The van der Waals surface area contributed by atoms with Crippen molar-refractivity contribution < 1.29 is 14.1 Å². The van der Waals surface area contributed by atoms with E-state index >= 15 is 0 Å². The third kappa shape index (κ3) is 4.54. The number of benzene rings is 1. The molecule has 7 nitrogen and oxygen atoms in total. The summed E-state index contributed by atoms with van der Waals surface area (Å²) in [6.45, 7) is 0.400. The molecule has 0 aliphatic heterocycles. The van der Waals surface area contributed by atoms with E-state index in [1.54, 1.807) is 19.2 Å². The first-order valence-corrected chi connectivity index (χ1v) is 8.98. The van der Waals surface area contributed by atoms with E-state index in [4.69, 9.17) is 4.52 Å². The van der Waals surface area contributed by atoms with Crippen LogP contribution in [-0.4, -0.2) is 29.0 Å². The van der Waals surface area contributed by atoms with E-state index in [9.17, 15) is 9.59 Å². The van der Waals surface area contributed by atoms with E-state index in [0.717, 1.165) is 10.4 Å². The highest BCUT2D eigenvalue weighted by Gasteiger charge is 2.11. The van der Waals surface area contributed by atoms with E-state index in [1.165, 1.54) is 11.3 Å². The number of carbonyl (C=O) groups excluding carboxylic acids is 2. The number of aryl methyl sites for hydroxylation is 1. The predicted molar refractivity (Wildman–Crippen MR) is 97.6 cm³/mol. The van der Waals surface area contributed by atoms with Crippen LogP contribution in [0.2, 0.25) is 0 Å². The van der Waals surface area contributed by atoms with Crippen LogP contribution in [-0.2, 0) is 17.8 Å². The van der Waals surface area contributed by atoms with Crippen LogP contribution in [0, 0.1) is 0 Å². The standard InChI is InChI=1S/C18H18N4O3S/c1-19-18(24)13-6-4-12(5-7-13)11-20-15(23)8-9-16-21-17(22-25-16)14-3-2-10-26-14/h2-7,10H,8-9,11H2,1H3,(H,19,24)(H,20,23). The molecule has 2 N–H and O–H groups in total. The van der Waals surface area contributed by atoms with Crippen molar-refractivity contribution in [3.8, 4) is 10.7 Å². The molecule has 0 fully saturated rings. The maximum absolute atomic E-state index is 12.0. The molecule has 0 spiro atoms. The zero-order chi connectivity index (χ0) is 18.4. The van der Waals surface area contributed by atoms with E-state index in [0.29, 0.717) is 30.2 Å². The Morgan fingerprint density at radius 2 is 2.00 bits per heavy atom. The lowest BCUT2D eigenvalue weighted by molar-refractivity contribution is -0.121. The summed E-state index contributed by atoms with van der Waals surface area (Å²) in [5, 5.41) is 11.3. The van der Waals surface area contributed by atoms with Gasteiger partial charge in [-0.2, -0.15) is 4.98 Å². The molecule has 3 aromatic rings. The lowest BCUT2D eigenvalue weighted by Crippen LogP contribution is -2.23. The van der Waals surface area contributed by atoms with E-state index in [1.807, 2.05) is 29.6 Å². The third-order valence-corrected chi connectivity index (χ3v) is 4.57. The second-order valence-electron chi connectivity index (χ2n) is 5.54. The molecule has 2 heterocycles. The second-order valence-corrected chi connectivity index (χ2v) is 6.49. The van der Waals surface area contributed by atoms with Crippen molar-refractivity contribution in [2.24, 2.45) is 0 Å². The van der Waals surface area contributed by atoms with Gasteiger partial charge >= 0.3 is 0 Å². The van der Waals surface area contributed by atoms with Crippen molar-refractivity contribution in [3.63, 3.8) is 0 Å². The maximum Gasteiger partial charge on any atom is 0.251 e. The average Bonchev–Trinajstić information content (AvgIpc) is 3.36. The zero-order valence-electron chi connectivity index (χ0n) is 14.2. The summed E-state index contributed by atoms with van der Waals surface area (Å²) in [7, 11) is 1.59. The Kier molecular flexibility index (Phi) is 5.75. The minimum Gasteiger partial charge on any atom is -0.355 e. The van der Waals surface area contributed by atoms with Gasteiger partial charge in [0.2, 0.25) is 17.6 Å². The Morgan fingerprint density at radius 3 is 2.69 bits per heavy atom. The highest BCUT2D eigenvalue weighted by atomic mass is 32.1. The molecule has 0 aliphatic carbocycles. The van der Waals surface area contributed by atoms with Crippen molar-refractivity contribution in [1.29, 1.82) is 0 Å². The van der Waals surface area contributed by atoms with Crippen LogP contribution >= 0.6 is 11.3 Å². The molecule has 0 unspecified atom stereocenters. The fraction of sp³-hybridized carbons (Fsp3) is 0.222. The van der Waals surface area contributed by atoms with Gasteiger partial charge in [0, 0.05) is 32.0 Å². The van der Waals surface area contributed by atoms with E-state index in [-0.39, 0.29) is 18.2 Å². The van der Waals surface area contributed by atoms with Crippen LogP contribution in [0.25, 0.3) is 10.7 Å². The number of rotatable bonds is 7. The Balaban J connectivity index is 1.45. The first-order chi connectivity index (χ1) is 12.7. The Hall–Kier alpha value is -3.00. The fourth-order valence-electron chi connectivity index (χ4n) is 2.29. The molecule has 0 radical (unpaired) electrons. The van der Waals surface area contributed by atoms with Crippen molar-refractivity contribution in [1.82, 2.24) is 20.8 Å². The average molecular weight is 370 g/mol. The summed E-state index contributed by atoms with van der Waals surface area (Å²) in [5.41, 5.74) is 1.50. The quantitative estimate of drug-likeness (QED) is 0.666. The molecule has 0 aliphatic rings. The van der Waals surface area contributed by atoms with Gasteiger partial charge < -0.3 is 15.2 Å². The third-order valence-electron chi connectivity index (χ3n) is 3.71. The van der Waals surface area contributed by atoms with Crippen LogP contribution in [0.15, 0.2) is 46.3 Å². The monoisotopic (exact) mass is 370 g/mol. The van der Waals surface area contributed by atoms with Crippen LogP contribution in [0.1, 0.15) is 28.2 Å². The molecule has 0 bridgehead atoms. The van der Waals surface area contributed by atoms with Crippen LogP contribution in [0.5, 0.6) is 0 Å². The first kappa shape index (κ1) is 17.8. The number of hydrogen-bond acceptors (Lipinski definition) is 6. The van der Waals surface area contributed by atoms with E-state index in [2.05, 4.69) is 20.8 Å². The number of nitrogens with zero attached hydrogens (tertiary/aromatic N) is 2. The Labute approximate surface area is 154 Å². The molecule has 26 heavy (non-hydrogen) atoms. The van der Waals surface area contributed by atoms with Crippen LogP contribution < -0.4 is 10.6 Å². The summed E-state index contributed by atoms with van der Waals surface area (Å²) in [5.74, 6) is 0.753. The fourth-order valence-corrected chi connectivity index (χ4v) is 2.94. The number of hydrogen-bond donors (Lipinski definition) is 2. The molecule has 8 heteroatoms. The van der Waals surface area contributed by atoms with Crippen LogP contribution in [0.3, 0.4) is 0 Å². The molecular formula is C18H18N4O3S. The van der Waals surface area contributed by atoms with Gasteiger partial charge in [-0.1, -0.05) is 23.4 Å². The highest BCUT2D eigenvalue weighted by Crippen LogP contribution is 2.21. The zero-order valence-corrected chi connectivity index (χ0v) is 15.0. The molecule has 3 rings (SSSR count). The normalized spacial score (nSPS) is 10.5. The molecule has 2 aromatic heterocycles. The molecule has 1 aromatic carbocycles. The summed E-state index contributed by atoms with van der Waals surface area (Å²) in [4.78, 5) is 28.7. The molecule has 0 atom stereocenters. The van der Waals surface area contributed by atoms with Gasteiger partial charge in [-0.3, -0.25) is 9.59 Å². The second kappa shape index (κ2) is 8.39. The van der Waals surface area contributed by atoms with Gasteiger partial charge in [0.1, 0.15) is 0 Å². The summed E-state index contributed by atoms with van der Waals surface area (Å²) >= 11 is 1.53. The minimum absolute atomic E-state index is 0.101. The Morgan fingerprint density at radius 1 is 1.19 bits per heavy atom. The van der Waals surface area contributed by atoms with Gasteiger partial charge in [0.15, 0.2) is 0 Å². The molecule has 134 valence electrons. The molecular weight excluding hydrogens is 352 g/mol. The van der Waals surface area contributed by atoms with Crippen molar-refractivity contribution in [2.45, 2.75) is 19.4 Å². The number of aromatic nitrogens is 2. The Bertz CT molecular complexity index is 872.